The molecule has 2 aromatic heterocycles. The van der Waals surface area contributed by atoms with Gasteiger partial charge in [-0.1, -0.05) is 28.4 Å². The summed E-state index contributed by atoms with van der Waals surface area (Å²) in [6.07, 6.45) is 6.47. The van der Waals surface area contributed by atoms with Gasteiger partial charge in [-0.25, -0.2) is 18.4 Å². The number of allylic oxidation sites excluding steroid dienone is 1. The topological polar surface area (TPSA) is 57.8 Å². The van der Waals surface area contributed by atoms with Crippen LogP contribution in [0.25, 0.3) is 17.1 Å². The van der Waals surface area contributed by atoms with Crippen LogP contribution in [0.2, 0.25) is 10.0 Å². The second-order valence-electron chi connectivity index (χ2n) is 6.55. The minimum atomic E-state index is -0.744. The summed E-state index contributed by atoms with van der Waals surface area (Å²) in [5.41, 5.74) is 1.75. The highest BCUT2D eigenvalue weighted by molar-refractivity contribution is 6.35. The summed E-state index contributed by atoms with van der Waals surface area (Å²) >= 11 is 12.1. The number of hydrogen-bond donors (Lipinski definition) is 0. The van der Waals surface area contributed by atoms with Gasteiger partial charge in [0.15, 0.2) is 0 Å². The van der Waals surface area contributed by atoms with Crippen LogP contribution in [0.4, 0.5) is 8.78 Å². The van der Waals surface area contributed by atoms with E-state index in [0.29, 0.717) is 27.1 Å². The monoisotopic (exact) mass is 461 g/mol. The zero-order valence-electron chi connectivity index (χ0n) is 16.1. The second-order valence-corrected chi connectivity index (χ2v) is 7.39. The quantitative estimate of drug-likeness (QED) is 0.350. The zero-order valence-corrected chi connectivity index (χ0v) is 17.6. The first-order valence-electron chi connectivity index (χ1n) is 9.06. The van der Waals surface area contributed by atoms with Crippen molar-refractivity contribution in [3.05, 3.63) is 94.3 Å². The maximum atomic E-state index is 14.5. The van der Waals surface area contributed by atoms with Crippen LogP contribution in [0.15, 0.2) is 61.3 Å². The maximum absolute atomic E-state index is 14.5. The highest BCUT2D eigenvalue weighted by Crippen LogP contribution is 2.28. The molecule has 0 radical (unpaired) electrons. The Balaban J connectivity index is 1.63. The molecule has 0 atom stereocenters. The molecular formula is C21H15Cl2F2N5O. The van der Waals surface area contributed by atoms with Gasteiger partial charge in [-0.15, -0.1) is 5.10 Å². The van der Waals surface area contributed by atoms with Crippen LogP contribution in [-0.2, 0) is 11.3 Å². The number of halogens is 4. The third kappa shape index (κ3) is 4.60. The number of nitrogens with zero attached hydrogens (tertiary/aromatic N) is 5. The molecule has 0 fully saturated rings. The van der Waals surface area contributed by atoms with Gasteiger partial charge in [0.2, 0.25) is 0 Å². The fourth-order valence-corrected chi connectivity index (χ4v) is 3.42. The van der Waals surface area contributed by atoms with Gasteiger partial charge in [-0.3, -0.25) is 0 Å². The molecule has 0 aliphatic heterocycles. The van der Waals surface area contributed by atoms with E-state index in [2.05, 4.69) is 15.3 Å². The predicted octanol–water partition coefficient (Wildman–Crippen LogP) is 5.61. The van der Waals surface area contributed by atoms with Crippen molar-refractivity contribution >= 4 is 34.7 Å². The molecule has 0 saturated carbocycles. The number of ether oxygens (including phenoxy) is 1. The molecule has 0 unspecified atom stereocenters. The minimum Gasteiger partial charge on any atom is -0.485 e. The van der Waals surface area contributed by atoms with Gasteiger partial charge in [-0.2, -0.15) is 0 Å². The van der Waals surface area contributed by atoms with Crippen molar-refractivity contribution in [2.75, 3.05) is 0 Å². The molecule has 0 N–H and O–H groups in total. The highest BCUT2D eigenvalue weighted by atomic mass is 35.5. The van der Waals surface area contributed by atoms with Crippen LogP contribution in [0.5, 0.6) is 0 Å². The number of imidazole rings is 1. The van der Waals surface area contributed by atoms with Gasteiger partial charge >= 0.3 is 0 Å². The van der Waals surface area contributed by atoms with E-state index in [1.807, 2.05) is 0 Å². The molecule has 0 saturated heterocycles. The summed E-state index contributed by atoms with van der Waals surface area (Å²) in [5, 5.41) is 9.05. The molecule has 158 valence electrons. The first-order valence-corrected chi connectivity index (χ1v) is 9.82. The lowest BCUT2D eigenvalue weighted by atomic mass is 10.1. The Kier molecular flexibility index (Phi) is 6.01. The summed E-state index contributed by atoms with van der Waals surface area (Å²) in [4.78, 5) is 4.00. The van der Waals surface area contributed by atoms with Crippen molar-refractivity contribution in [3.8, 4) is 5.69 Å². The molecule has 2 aromatic carbocycles. The third-order valence-corrected chi connectivity index (χ3v) is 5.00. The van der Waals surface area contributed by atoms with Crippen LogP contribution >= 0.6 is 23.2 Å². The van der Waals surface area contributed by atoms with Crippen molar-refractivity contribution in [1.29, 1.82) is 0 Å². The average molecular weight is 462 g/mol. The Morgan fingerprint density at radius 3 is 2.68 bits per heavy atom. The fourth-order valence-electron chi connectivity index (χ4n) is 2.92. The predicted molar refractivity (Wildman–Crippen MR) is 114 cm³/mol. The van der Waals surface area contributed by atoms with E-state index in [0.717, 1.165) is 6.07 Å². The van der Waals surface area contributed by atoms with E-state index < -0.39 is 11.6 Å². The molecular weight excluding hydrogens is 447 g/mol. The Labute approximate surface area is 186 Å². The second kappa shape index (κ2) is 8.87. The molecule has 0 aliphatic carbocycles. The highest BCUT2D eigenvalue weighted by Gasteiger charge is 2.16. The lowest BCUT2D eigenvalue weighted by Crippen LogP contribution is -2.03. The Hall–Kier alpha value is -3.23. The van der Waals surface area contributed by atoms with Gasteiger partial charge in [0, 0.05) is 23.5 Å². The lowest BCUT2D eigenvalue weighted by Gasteiger charge is -2.15. The fraction of sp³-hybridized carbons (Fsp3) is 0.0952. The molecule has 31 heavy (non-hydrogen) atoms. The first kappa shape index (κ1) is 21.0. The molecule has 0 amide bonds. The molecule has 4 aromatic rings. The maximum Gasteiger partial charge on any atom is 0.149 e. The van der Waals surface area contributed by atoms with Gasteiger partial charge < -0.3 is 9.30 Å². The first-order chi connectivity index (χ1) is 14.9. The number of benzene rings is 2. The molecule has 10 heteroatoms. The molecule has 0 bridgehead atoms. The van der Waals surface area contributed by atoms with Crippen LogP contribution in [0.3, 0.4) is 0 Å². The molecule has 4 rings (SSSR count). The third-order valence-electron chi connectivity index (χ3n) is 4.46. The van der Waals surface area contributed by atoms with Crippen molar-refractivity contribution < 1.29 is 13.5 Å². The molecule has 6 nitrogen and oxygen atoms in total. The van der Waals surface area contributed by atoms with E-state index in [-0.39, 0.29) is 17.9 Å². The van der Waals surface area contributed by atoms with E-state index in [9.17, 15) is 8.78 Å². The van der Waals surface area contributed by atoms with Crippen LogP contribution < -0.4 is 0 Å². The van der Waals surface area contributed by atoms with Crippen LogP contribution in [-0.4, -0.2) is 24.5 Å². The normalized spacial score (nSPS) is 12.0. The molecule has 2 heterocycles. The Bertz CT molecular complexity index is 1250. The summed E-state index contributed by atoms with van der Waals surface area (Å²) < 4.78 is 37.0. The summed E-state index contributed by atoms with van der Waals surface area (Å²) in [6.45, 7) is 1.73. The largest absolute Gasteiger partial charge is 0.485 e. The van der Waals surface area contributed by atoms with Crippen LogP contribution in [0.1, 0.15) is 18.2 Å². The van der Waals surface area contributed by atoms with Gasteiger partial charge in [0.25, 0.3) is 0 Å². The lowest BCUT2D eigenvalue weighted by molar-refractivity contribution is 0.258. The van der Waals surface area contributed by atoms with Crippen molar-refractivity contribution in [1.82, 2.24) is 24.5 Å². The smallest absolute Gasteiger partial charge is 0.149 e. The van der Waals surface area contributed by atoms with E-state index >= 15 is 0 Å². The summed E-state index contributed by atoms with van der Waals surface area (Å²) in [7, 11) is 0. The van der Waals surface area contributed by atoms with Crippen LogP contribution in [0, 0.1) is 11.6 Å². The van der Waals surface area contributed by atoms with Gasteiger partial charge in [-0.05, 0) is 37.3 Å². The summed E-state index contributed by atoms with van der Waals surface area (Å²) in [5.74, 6) is -1.20. The minimum absolute atomic E-state index is 0.0105. The zero-order chi connectivity index (χ0) is 22.0. The Morgan fingerprint density at radius 1 is 1.13 bits per heavy atom. The SMILES string of the molecule is C/C(=C(/OCc1cn(-c2ccc(Cl)cc2Cl)nn1)c1ccc(F)cc1F)n1ccnc1. The van der Waals surface area contributed by atoms with E-state index in [4.69, 9.17) is 27.9 Å². The molecule has 0 spiro atoms. The van der Waals surface area contributed by atoms with Crippen molar-refractivity contribution in [2.24, 2.45) is 0 Å². The van der Waals surface area contributed by atoms with E-state index in [1.165, 1.54) is 16.8 Å². The van der Waals surface area contributed by atoms with Gasteiger partial charge in [0.05, 0.1) is 34.5 Å². The van der Waals surface area contributed by atoms with Crippen molar-refractivity contribution in [2.45, 2.75) is 13.5 Å². The van der Waals surface area contributed by atoms with Crippen molar-refractivity contribution in [3.63, 3.8) is 0 Å². The number of aromatic nitrogens is 5. The Morgan fingerprint density at radius 2 is 1.97 bits per heavy atom. The number of hydrogen-bond acceptors (Lipinski definition) is 4. The summed E-state index contributed by atoms with van der Waals surface area (Å²) in [6, 6.07) is 8.30. The number of rotatable bonds is 6. The average Bonchev–Trinajstić information content (AvgIpc) is 3.41. The van der Waals surface area contributed by atoms with Gasteiger partial charge in [0.1, 0.15) is 29.7 Å². The van der Waals surface area contributed by atoms with E-state index in [1.54, 1.807) is 54.6 Å². The standard InChI is InChI=1S/C21H15Cl2F2N5O/c1-13(29-7-6-26-12-29)21(17-4-3-15(24)9-19(17)25)31-11-16-10-30(28-27-16)20-5-2-14(22)8-18(20)23/h2-10,12H,11H2,1H3/b21-13-. The molecule has 0 aliphatic rings.